The number of carbonyl (C=O) groups excluding carboxylic acids is 1. The minimum atomic E-state index is -4.32. The van der Waals surface area contributed by atoms with Gasteiger partial charge in [-0.2, -0.15) is 8.42 Å². The maximum Gasteiger partial charge on any atom is 0.294 e. The van der Waals surface area contributed by atoms with Crippen molar-refractivity contribution in [2.75, 3.05) is 30.3 Å². The molecular weight excluding hydrogens is 802 g/mol. The number of aromatic nitrogens is 1. The molecule has 1 aromatic heterocycles. The third kappa shape index (κ3) is 6.97. The van der Waals surface area contributed by atoms with E-state index in [-0.39, 0.29) is 33.1 Å². The summed E-state index contributed by atoms with van der Waals surface area (Å²) >= 11 is 6.30. The lowest BCUT2D eigenvalue weighted by atomic mass is 9.37. The molecule has 1 spiro atoms. The van der Waals surface area contributed by atoms with Crippen LogP contribution in [0.25, 0.3) is 10.9 Å². The summed E-state index contributed by atoms with van der Waals surface area (Å²) in [6.07, 6.45) is 10.8. The molecule has 7 atom stereocenters. The molecule has 9 nitrogen and oxygen atoms in total. The molecule has 2 fully saturated rings. The Morgan fingerprint density at radius 3 is 2.52 bits per heavy atom. The van der Waals surface area contributed by atoms with Crippen LogP contribution in [-0.2, 0) is 32.2 Å². The second-order valence-electron chi connectivity index (χ2n) is 20.4. The van der Waals surface area contributed by atoms with Gasteiger partial charge in [-0.15, -0.1) is 0 Å². The van der Waals surface area contributed by atoms with Crippen molar-refractivity contribution in [3.05, 3.63) is 87.6 Å². The van der Waals surface area contributed by atoms with E-state index in [1.807, 2.05) is 24.3 Å². The topological polar surface area (TPSA) is 130 Å². The summed E-state index contributed by atoms with van der Waals surface area (Å²) in [5.74, 6) is 1.91. The number of hydrogen-bond donors (Lipinski definition) is 4. The number of quaternary nitrogens is 1. The van der Waals surface area contributed by atoms with E-state index in [1.54, 1.807) is 12.1 Å². The molecule has 326 valence electrons. The number of nitrogens with two attached hydrogens (primary N) is 1. The zero-order chi connectivity index (χ0) is 43.2. The number of pyridine rings is 1. The van der Waals surface area contributed by atoms with Crippen LogP contribution in [-0.4, -0.2) is 55.6 Å². The molecule has 0 radical (unpaired) electrons. The van der Waals surface area contributed by atoms with Gasteiger partial charge in [0.2, 0.25) is 5.91 Å². The number of benzene rings is 3. The summed E-state index contributed by atoms with van der Waals surface area (Å²) in [5, 5.41) is 4.94. The highest BCUT2D eigenvalue weighted by Crippen LogP contribution is 2.77. The lowest BCUT2D eigenvalue weighted by Crippen LogP contribution is -3.11. The quantitative estimate of drug-likeness (QED) is 0.0694. The van der Waals surface area contributed by atoms with Gasteiger partial charge in [0.05, 0.1) is 17.0 Å². The third-order valence-electron chi connectivity index (χ3n) is 16.6. The number of nitrogen functional groups attached to an aromatic ring is 1. The number of anilines is 2. The maximum atomic E-state index is 13.1. The summed E-state index contributed by atoms with van der Waals surface area (Å²) in [7, 11) is -4.32. The Morgan fingerprint density at radius 1 is 0.967 bits per heavy atom. The van der Waals surface area contributed by atoms with Crippen LogP contribution in [0.5, 0.6) is 0 Å². The molecule has 4 aromatic rings. The van der Waals surface area contributed by atoms with Crippen LogP contribution >= 0.6 is 11.6 Å². The summed E-state index contributed by atoms with van der Waals surface area (Å²) < 4.78 is 34.5. The molecule has 9 rings (SSSR count). The van der Waals surface area contributed by atoms with Crippen LogP contribution in [0.1, 0.15) is 133 Å². The molecule has 3 aromatic carbocycles. The normalized spacial score (nSPS) is 27.4. The lowest BCUT2D eigenvalue weighted by molar-refractivity contribution is -0.859. The number of aryl methyl sites for hydroxylation is 1. The highest BCUT2D eigenvalue weighted by molar-refractivity contribution is 7.85. The fourth-order valence-electron chi connectivity index (χ4n) is 13.5. The molecule has 1 amide bonds. The standard InChI is InChI=1S/C50H64ClN5O4S/c1-7-55-41-19-15-30(2)24-36(41)48(3,4)43(55)12-11-13-44-49(5,6)37-28-34(61(58,59)60)17-20-42(37)56(44)23-10-8-9-14-45(57)53-22-21-31-25-32-26-38-46-40(29-50(31,32)38)54-39-27-33(51)16-18-35(39)47(46)52/h15-20,24,27-28,31-32,38,43-44H,7-14,21-23,25-26,29H2,1-6H3,(H2,52,54)(H,53,57)(H,58,59,60)/p+1. The number of amides is 1. The van der Waals surface area contributed by atoms with Crippen LogP contribution in [0.4, 0.5) is 17.1 Å². The van der Waals surface area contributed by atoms with Crippen molar-refractivity contribution >= 4 is 55.6 Å². The minimum Gasteiger partial charge on any atom is -0.398 e. The van der Waals surface area contributed by atoms with Crippen molar-refractivity contribution in [2.45, 2.75) is 146 Å². The predicted molar refractivity (Wildman–Crippen MR) is 246 cm³/mol. The third-order valence-corrected chi connectivity index (χ3v) is 17.7. The molecular formula is C50H65ClN5O4S+. The van der Waals surface area contributed by atoms with Crippen molar-refractivity contribution in [3.8, 4) is 0 Å². The van der Waals surface area contributed by atoms with Crippen molar-refractivity contribution in [1.82, 2.24) is 10.3 Å². The Bertz CT molecular complexity index is 2510. The van der Waals surface area contributed by atoms with Crippen molar-refractivity contribution < 1.29 is 22.7 Å². The van der Waals surface area contributed by atoms with Gasteiger partial charge in [0.1, 0.15) is 11.7 Å². The summed E-state index contributed by atoms with van der Waals surface area (Å²) in [6.45, 7) is 16.3. The average molecular weight is 868 g/mol. The van der Waals surface area contributed by atoms with Gasteiger partial charge in [-0.3, -0.25) is 19.2 Å². The number of hydrogen-bond acceptors (Lipinski definition) is 6. The van der Waals surface area contributed by atoms with E-state index >= 15 is 0 Å². The molecule has 2 saturated carbocycles. The van der Waals surface area contributed by atoms with Crippen LogP contribution in [0.2, 0.25) is 5.02 Å². The van der Waals surface area contributed by atoms with Gasteiger partial charge >= 0.3 is 0 Å². The van der Waals surface area contributed by atoms with E-state index in [1.165, 1.54) is 40.1 Å². The number of carbonyl (C=O) groups is 1. The fourth-order valence-corrected chi connectivity index (χ4v) is 14.2. The Morgan fingerprint density at radius 2 is 1.77 bits per heavy atom. The number of likely N-dealkylation sites (N-methyl/N-ethyl adjacent to an activating group) is 1. The zero-order valence-electron chi connectivity index (χ0n) is 36.9. The molecule has 61 heavy (non-hydrogen) atoms. The van der Waals surface area contributed by atoms with Crippen molar-refractivity contribution in [3.63, 3.8) is 0 Å². The minimum absolute atomic E-state index is 0.0373. The number of rotatable bonds is 15. The Hall–Kier alpha value is -3.70. The van der Waals surface area contributed by atoms with Gasteiger partial charge in [-0.05, 0) is 151 Å². The van der Waals surface area contributed by atoms with Crippen LogP contribution in [0, 0.1) is 24.2 Å². The molecule has 0 saturated heterocycles. The molecule has 2 aliphatic heterocycles. The number of unbranched alkanes of at least 4 members (excludes halogenated alkanes) is 2. The van der Waals surface area contributed by atoms with E-state index in [2.05, 4.69) is 70.0 Å². The van der Waals surface area contributed by atoms with E-state index in [0.29, 0.717) is 35.9 Å². The van der Waals surface area contributed by atoms with E-state index < -0.39 is 10.1 Å². The van der Waals surface area contributed by atoms with Gasteiger partial charge in [-0.25, -0.2) is 0 Å². The summed E-state index contributed by atoms with van der Waals surface area (Å²) in [4.78, 5) is 22.1. The first-order valence-corrected chi connectivity index (χ1v) is 24.8. The molecule has 5 aliphatic rings. The number of halogens is 1. The van der Waals surface area contributed by atoms with Crippen LogP contribution < -0.4 is 20.9 Å². The van der Waals surface area contributed by atoms with Gasteiger partial charge in [-0.1, -0.05) is 43.1 Å². The smallest absolute Gasteiger partial charge is 0.294 e. The first kappa shape index (κ1) is 42.6. The Balaban J connectivity index is 0.787. The maximum absolute atomic E-state index is 13.1. The van der Waals surface area contributed by atoms with E-state index in [0.717, 1.165) is 104 Å². The van der Waals surface area contributed by atoms with Gasteiger partial charge in [0.15, 0.2) is 0 Å². The fraction of sp³-hybridized carbons (Fsp3) is 0.560. The lowest BCUT2D eigenvalue weighted by Gasteiger charge is -2.67. The van der Waals surface area contributed by atoms with Gasteiger partial charge in [0.25, 0.3) is 10.1 Å². The number of fused-ring (bicyclic) bond motifs is 5. The van der Waals surface area contributed by atoms with Crippen molar-refractivity contribution in [2.24, 2.45) is 17.3 Å². The second-order valence-corrected chi connectivity index (χ2v) is 22.3. The predicted octanol–water partition coefficient (Wildman–Crippen LogP) is 8.99. The molecule has 11 heteroatoms. The summed E-state index contributed by atoms with van der Waals surface area (Å²) in [5.41, 5.74) is 17.2. The summed E-state index contributed by atoms with van der Waals surface area (Å²) in [6, 6.07) is 18.5. The van der Waals surface area contributed by atoms with Crippen molar-refractivity contribution in [1.29, 1.82) is 0 Å². The molecule has 7 unspecified atom stereocenters. The largest absolute Gasteiger partial charge is 0.398 e. The van der Waals surface area contributed by atoms with Crippen LogP contribution in [0.15, 0.2) is 59.5 Å². The SMILES string of the molecule is CCN1c2ccc(C)cc2C(C)(C)C1CCCC1[NH+](CCCCCC(=O)NCCC2CC3CC4c5c(nc6cc(Cl)ccc6c5N)CC234)c2ccc(S(=O)(=O)O)cc2C1(C)C. The van der Waals surface area contributed by atoms with E-state index in [9.17, 15) is 17.8 Å². The molecule has 3 heterocycles. The van der Waals surface area contributed by atoms with Crippen LogP contribution in [0.3, 0.4) is 0 Å². The number of nitrogens with one attached hydrogen (secondary N) is 2. The highest BCUT2D eigenvalue weighted by atomic mass is 35.5. The first-order valence-electron chi connectivity index (χ1n) is 23.0. The van der Waals surface area contributed by atoms with E-state index in [4.69, 9.17) is 22.3 Å². The average Bonchev–Trinajstić information content (AvgIpc) is 3.71. The highest BCUT2D eigenvalue weighted by Gasteiger charge is 2.69. The Labute approximate surface area is 368 Å². The first-order chi connectivity index (χ1) is 29.0. The molecule has 0 bridgehead atoms. The second kappa shape index (κ2) is 15.5. The number of nitrogens with zero attached hydrogens (tertiary/aromatic N) is 2. The zero-order valence-corrected chi connectivity index (χ0v) is 38.5. The molecule has 5 N–H and O–H groups in total. The van der Waals surface area contributed by atoms with Gasteiger partial charge < -0.3 is 16.0 Å². The van der Waals surface area contributed by atoms with Gasteiger partial charge in [0, 0.05) is 87.5 Å². The monoisotopic (exact) mass is 866 g/mol. The Kier molecular flexibility index (Phi) is 10.8. The molecule has 3 aliphatic carbocycles.